The van der Waals surface area contributed by atoms with Crippen LogP contribution in [-0.4, -0.2) is 57.6 Å². The molecule has 4 rings (SSSR count). The fourth-order valence-electron chi connectivity index (χ4n) is 3.90. The monoisotopic (exact) mass is 366 g/mol. The molecule has 2 aliphatic heterocycles. The van der Waals surface area contributed by atoms with E-state index in [1.165, 1.54) is 17.7 Å². The van der Waals surface area contributed by atoms with Crippen LogP contribution in [-0.2, 0) is 24.2 Å². The third-order valence-corrected chi connectivity index (χ3v) is 5.53. The molecule has 0 atom stereocenters. The van der Waals surface area contributed by atoms with Gasteiger partial charge >= 0.3 is 0 Å². The van der Waals surface area contributed by atoms with Gasteiger partial charge in [-0.2, -0.15) is 5.10 Å². The van der Waals surface area contributed by atoms with E-state index in [0.29, 0.717) is 38.3 Å². The van der Waals surface area contributed by atoms with Crippen molar-refractivity contribution in [1.29, 1.82) is 0 Å². The minimum Gasteiger partial charge on any atom is -0.339 e. The van der Waals surface area contributed by atoms with Gasteiger partial charge in [-0.15, -0.1) is 0 Å². The number of fused-ring (bicyclic) bond motifs is 1. The summed E-state index contributed by atoms with van der Waals surface area (Å²) in [7, 11) is 0. The molecule has 3 heterocycles. The van der Waals surface area contributed by atoms with Crippen LogP contribution in [0.4, 0.5) is 0 Å². The lowest BCUT2D eigenvalue weighted by Gasteiger charge is -2.34. The first kappa shape index (κ1) is 17.8. The summed E-state index contributed by atoms with van der Waals surface area (Å²) in [6.45, 7) is 3.28. The lowest BCUT2D eigenvalue weighted by atomic mass is 10.1. The third kappa shape index (κ3) is 4.04. The van der Waals surface area contributed by atoms with Gasteiger partial charge < -0.3 is 9.80 Å². The molecule has 2 aliphatic rings. The maximum atomic E-state index is 12.8. The van der Waals surface area contributed by atoms with Crippen molar-refractivity contribution >= 4 is 11.8 Å². The molecular weight excluding hydrogens is 340 g/mol. The fourth-order valence-corrected chi connectivity index (χ4v) is 3.90. The fraction of sp³-hybridized carbons (Fsp3) is 0.476. The highest BCUT2D eigenvalue weighted by atomic mass is 16.2. The Balaban J connectivity index is 1.28. The van der Waals surface area contributed by atoms with Crippen molar-refractivity contribution in [3.63, 3.8) is 0 Å². The molecule has 27 heavy (non-hydrogen) atoms. The number of piperazine rings is 1. The average Bonchev–Trinajstić information content (AvgIpc) is 3.16. The molecule has 1 saturated heterocycles. The molecule has 1 aromatic heterocycles. The number of hydrogen-bond donors (Lipinski definition) is 0. The van der Waals surface area contributed by atoms with E-state index < -0.39 is 0 Å². The molecule has 6 nitrogen and oxygen atoms in total. The Morgan fingerprint density at radius 1 is 0.926 bits per heavy atom. The van der Waals surface area contributed by atoms with Gasteiger partial charge in [-0.05, 0) is 37.3 Å². The molecule has 6 heteroatoms. The second-order valence-corrected chi connectivity index (χ2v) is 7.36. The summed E-state index contributed by atoms with van der Waals surface area (Å²) in [6.07, 6.45) is 4.59. The Labute approximate surface area is 159 Å². The van der Waals surface area contributed by atoms with Crippen LogP contribution >= 0.6 is 0 Å². The van der Waals surface area contributed by atoms with E-state index >= 15 is 0 Å². The number of rotatable bonds is 4. The Bertz CT molecular complexity index is 783. The van der Waals surface area contributed by atoms with Crippen LogP contribution in [0, 0.1) is 0 Å². The first-order chi connectivity index (χ1) is 13.2. The van der Waals surface area contributed by atoms with Crippen molar-refractivity contribution < 1.29 is 9.59 Å². The summed E-state index contributed by atoms with van der Waals surface area (Å²) in [5, 5.41) is 4.49. The van der Waals surface area contributed by atoms with Crippen molar-refractivity contribution in [1.82, 2.24) is 19.6 Å². The van der Waals surface area contributed by atoms with Gasteiger partial charge in [-0.1, -0.05) is 30.3 Å². The highest BCUT2D eigenvalue weighted by molar-refractivity contribution is 5.92. The summed E-state index contributed by atoms with van der Waals surface area (Å²) in [5.41, 5.74) is 2.90. The number of nitrogens with zero attached hydrogens (tertiary/aromatic N) is 4. The van der Waals surface area contributed by atoms with Crippen LogP contribution in [0.15, 0.2) is 36.4 Å². The molecule has 2 aromatic rings. The second-order valence-electron chi connectivity index (χ2n) is 7.36. The summed E-state index contributed by atoms with van der Waals surface area (Å²) in [5.74, 6) is 0.164. The van der Waals surface area contributed by atoms with Crippen LogP contribution in [0.5, 0.6) is 0 Å². The summed E-state index contributed by atoms with van der Waals surface area (Å²) >= 11 is 0. The van der Waals surface area contributed by atoms with E-state index in [4.69, 9.17) is 0 Å². The molecular formula is C21H26N4O2. The molecule has 0 bridgehead atoms. The Hall–Kier alpha value is -2.63. The number of aryl methyl sites for hydroxylation is 3. The summed E-state index contributed by atoms with van der Waals surface area (Å²) < 4.78 is 1.97. The Morgan fingerprint density at radius 3 is 2.41 bits per heavy atom. The molecule has 0 spiro atoms. The minimum atomic E-state index is -0.00622. The molecule has 1 fully saturated rings. The van der Waals surface area contributed by atoms with Crippen molar-refractivity contribution in [3.05, 3.63) is 53.3 Å². The molecule has 0 aliphatic carbocycles. The Morgan fingerprint density at radius 2 is 1.67 bits per heavy atom. The van der Waals surface area contributed by atoms with Crippen LogP contribution in [0.3, 0.4) is 0 Å². The number of hydrogen-bond acceptors (Lipinski definition) is 3. The maximum Gasteiger partial charge on any atom is 0.274 e. The molecule has 0 unspecified atom stereocenters. The molecule has 0 saturated carbocycles. The van der Waals surface area contributed by atoms with Gasteiger partial charge in [0.2, 0.25) is 5.91 Å². The van der Waals surface area contributed by atoms with Crippen LogP contribution in [0.1, 0.15) is 41.0 Å². The van der Waals surface area contributed by atoms with Gasteiger partial charge in [0.15, 0.2) is 5.69 Å². The van der Waals surface area contributed by atoms with Gasteiger partial charge in [0, 0.05) is 44.8 Å². The molecule has 1 aromatic carbocycles. The first-order valence-electron chi connectivity index (χ1n) is 9.88. The zero-order chi connectivity index (χ0) is 18.6. The standard InChI is InChI=1S/C21H26N4O2/c26-20(10-9-17-6-2-1-3-7-17)23-12-14-24(15-13-23)21(27)19-16-18-8-4-5-11-25(18)22-19/h1-3,6-7,16H,4-5,8-15H2. The molecule has 2 amide bonds. The van der Waals surface area contributed by atoms with Crippen molar-refractivity contribution in [2.75, 3.05) is 26.2 Å². The first-order valence-corrected chi connectivity index (χ1v) is 9.88. The van der Waals surface area contributed by atoms with Gasteiger partial charge in [-0.25, -0.2) is 0 Å². The Kier molecular flexibility index (Phi) is 5.23. The highest BCUT2D eigenvalue weighted by Crippen LogP contribution is 2.17. The normalized spacial score (nSPS) is 16.9. The summed E-state index contributed by atoms with van der Waals surface area (Å²) in [4.78, 5) is 28.9. The quantitative estimate of drug-likeness (QED) is 0.833. The second kappa shape index (κ2) is 7.94. The number of amides is 2. The predicted octanol–water partition coefficient (Wildman–Crippen LogP) is 2.14. The third-order valence-electron chi connectivity index (χ3n) is 5.53. The van der Waals surface area contributed by atoms with E-state index in [1.807, 2.05) is 50.9 Å². The number of carbonyl (C=O) groups excluding carboxylic acids is 2. The maximum absolute atomic E-state index is 12.8. The van der Waals surface area contributed by atoms with E-state index in [9.17, 15) is 9.59 Å². The van der Waals surface area contributed by atoms with Gasteiger partial charge in [0.05, 0.1) is 0 Å². The van der Waals surface area contributed by atoms with Gasteiger partial charge in [0.25, 0.3) is 5.91 Å². The highest BCUT2D eigenvalue weighted by Gasteiger charge is 2.27. The predicted molar refractivity (Wildman–Crippen MR) is 102 cm³/mol. The number of aromatic nitrogens is 2. The zero-order valence-corrected chi connectivity index (χ0v) is 15.6. The number of benzene rings is 1. The zero-order valence-electron chi connectivity index (χ0n) is 15.6. The van der Waals surface area contributed by atoms with Crippen LogP contribution < -0.4 is 0 Å². The van der Waals surface area contributed by atoms with Crippen LogP contribution in [0.25, 0.3) is 0 Å². The molecule has 0 N–H and O–H groups in total. The number of carbonyl (C=O) groups is 2. The minimum absolute atomic E-state index is 0.00622. The molecule has 0 radical (unpaired) electrons. The van der Waals surface area contributed by atoms with E-state index in [-0.39, 0.29) is 11.8 Å². The average molecular weight is 366 g/mol. The van der Waals surface area contributed by atoms with E-state index in [1.54, 1.807) is 0 Å². The summed E-state index contributed by atoms with van der Waals surface area (Å²) in [6, 6.07) is 12.0. The van der Waals surface area contributed by atoms with E-state index in [0.717, 1.165) is 25.8 Å². The van der Waals surface area contributed by atoms with E-state index in [2.05, 4.69) is 5.10 Å². The lowest BCUT2D eigenvalue weighted by Crippen LogP contribution is -2.50. The van der Waals surface area contributed by atoms with Crippen molar-refractivity contribution in [2.45, 2.75) is 38.6 Å². The van der Waals surface area contributed by atoms with Gasteiger partial charge in [-0.3, -0.25) is 14.3 Å². The van der Waals surface area contributed by atoms with Crippen molar-refractivity contribution in [2.24, 2.45) is 0 Å². The SMILES string of the molecule is O=C(CCc1ccccc1)N1CCN(C(=O)c2cc3n(n2)CCCC3)CC1. The smallest absolute Gasteiger partial charge is 0.274 e. The molecule has 142 valence electrons. The lowest BCUT2D eigenvalue weighted by molar-refractivity contribution is -0.132. The van der Waals surface area contributed by atoms with Crippen molar-refractivity contribution in [3.8, 4) is 0 Å². The van der Waals surface area contributed by atoms with Crippen LogP contribution in [0.2, 0.25) is 0 Å². The largest absolute Gasteiger partial charge is 0.339 e. The topological polar surface area (TPSA) is 58.4 Å². The van der Waals surface area contributed by atoms with Gasteiger partial charge in [0.1, 0.15) is 0 Å².